The van der Waals surface area contributed by atoms with Crippen molar-refractivity contribution in [1.82, 2.24) is 15.1 Å². The lowest BCUT2D eigenvalue weighted by Crippen LogP contribution is -2.41. The van der Waals surface area contributed by atoms with Gasteiger partial charge >= 0.3 is 6.09 Å². The summed E-state index contributed by atoms with van der Waals surface area (Å²) in [6.07, 6.45) is 1.59. The third-order valence-electron chi connectivity index (χ3n) is 4.54. The number of nitrogens with one attached hydrogen (secondary N) is 1. The monoisotopic (exact) mass is 387 g/mol. The standard InChI is InChI=1S/C21H29N3O4/c1-6-18(25)22-13-15-7-9-16(10-8-15)19(26)23(5)17-11-12-24(14-17)20(27)28-21(2,3)4/h6-10,17H,1,11-14H2,2-5H3,(H,22,25). The van der Waals surface area contributed by atoms with Gasteiger partial charge in [0.25, 0.3) is 5.91 Å². The van der Waals surface area contributed by atoms with Crippen LogP contribution in [0.1, 0.15) is 43.1 Å². The van der Waals surface area contributed by atoms with Gasteiger partial charge in [0.15, 0.2) is 0 Å². The topological polar surface area (TPSA) is 79.0 Å². The van der Waals surface area contributed by atoms with Crippen molar-refractivity contribution < 1.29 is 19.1 Å². The summed E-state index contributed by atoms with van der Waals surface area (Å²) in [7, 11) is 1.75. The SMILES string of the molecule is C=CC(=O)NCc1ccc(C(=O)N(C)C2CCN(C(=O)OC(C)(C)C)C2)cc1. The number of hydrogen-bond acceptors (Lipinski definition) is 4. The Morgan fingerprint density at radius 1 is 1.29 bits per heavy atom. The van der Waals surface area contributed by atoms with Crippen LogP contribution in [0.2, 0.25) is 0 Å². The Hall–Kier alpha value is -2.83. The molecule has 0 spiro atoms. The zero-order valence-electron chi connectivity index (χ0n) is 17.0. The number of amides is 3. The summed E-state index contributed by atoms with van der Waals surface area (Å²) in [5.74, 6) is -0.339. The molecule has 1 aliphatic heterocycles. The van der Waals surface area contributed by atoms with Crippen molar-refractivity contribution in [2.75, 3.05) is 20.1 Å². The number of likely N-dealkylation sites (N-methyl/N-ethyl adjacent to an activating group) is 1. The molecule has 7 nitrogen and oxygen atoms in total. The van der Waals surface area contributed by atoms with E-state index in [0.717, 1.165) is 5.56 Å². The summed E-state index contributed by atoms with van der Waals surface area (Å²) in [6, 6.07) is 7.06. The van der Waals surface area contributed by atoms with Crippen LogP contribution in [-0.4, -0.2) is 59.5 Å². The summed E-state index contributed by atoms with van der Waals surface area (Å²) in [6.45, 7) is 10.3. The zero-order valence-corrected chi connectivity index (χ0v) is 17.0. The number of nitrogens with zero attached hydrogens (tertiary/aromatic N) is 2. The van der Waals surface area contributed by atoms with Gasteiger partial charge in [0.05, 0.1) is 6.04 Å². The van der Waals surface area contributed by atoms with E-state index in [0.29, 0.717) is 31.6 Å². The molecule has 0 saturated carbocycles. The fourth-order valence-corrected chi connectivity index (χ4v) is 2.95. The van der Waals surface area contributed by atoms with E-state index in [4.69, 9.17) is 4.74 Å². The first-order valence-electron chi connectivity index (χ1n) is 9.35. The highest BCUT2D eigenvalue weighted by atomic mass is 16.6. The van der Waals surface area contributed by atoms with Crippen LogP contribution in [-0.2, 0) is 16.1 Å². The van der Waals surface area contributed by atoms with Crippen LogP contribution in [0, 0.1) is 0 Å². The number of benzene rings is 1. The minimum Gasteiger partial charge on any atom is -0.444 e. The van der Waals surface area contributed by atoms with Crippen LogP contribution in [0.5, 0.6) is 0 Å². The van der Waals surface area contributed by atoms with Gasteiger partial charge < -0.3 is 19.9 Å². The number of ether oxygens (including phenoxy) is 1. The molecule has 0 aromatic heterocycles. The maximum Gasteiger partial charge on any atom is 0.410 e. The molecule has 7 heteroatoms. The van der Waals surface area contributed by atoms with Gasteiger partial charge in [-0.3, -0.25) is 9.59 Å². The van der Waals surface area contributed by atoms with Gasteiger partial charge in [0.1, 0.15) is 5.60 Å². The highest BCUT2D eigenvalue weighted by Gasteiger charge is 2.33. The highest BCUT2D eigenvalue weighted by Crippen LogP contribution is 2.20. The molecular formula is C21H29N3O4. The van der Waals surface area contributed by atoms with E-state index in [1.165, 1.54) is 6.08 Å². The summed E-state index contributed by atoms with van der Waals surface area (Å²) < 4.78 is 5.40. The molecule has 1 N–H and O–H groups in total. The molecule has 1 unspecified atom stereocenters. The van der Waals surface area contributed by atoms with Crippen LogP contribution in [0.3, 0.4) is 0 Å². The van der Waals surface area contributed by atoms with Crippen molar-refractivity contribution in [3.63, 3.8) is 0 Å². The molecule has 3 amide bonds. The van der Waals surface area contributed by atoms with Gasteiger partial charge in [-0.15, -0.1) is 0 Å². The maximum atomic E-state index is 12.8. The highest BCUT2D eigenvalue weighted by molar-refractivity contribution is 5.94. The first kappa shape index (κ1) is 21.5. The molecule has 1 aliphatic rings. The molecule has 1 aromatic carbocycles. The predicted molar refractivity (Wildman–Crippen MR) is 107 cm³/mol. The normalized spacial score (nSPS) is 16.4. The Morgan fingerprint density at radius 3 is 2.50 bits per heavy atom. The lowest BCUT2D eigenvalue weighted by molar-refractivity contribution is -0.116. The van der Waals surface area contributed by atoms with Gasteiger partial charge in [0.2, 0.25) is 5.91 Å². The van der Waals surface area contributed by atoms with Crippen LogP contribution < -0.4 is 5.32 Å². The second kappa shape index (κ2) is 8.91. The van der Waals surface area contributed by atoms with Gasteiger partial charge in [-0.05, 0) is 51.0 Å². The number of carbonyl (C=O) groups excluding carboxylic acids is 3. The molecule has 28 heavy (non-hydrogen) atoms. The fourth-order valence-electron chi connectivity index (χ4n) is 2.95. The minimum absolute atomic E-state index is 0.0495. The Balaban J connectivity index is 1.93. The molecule has 1 saturated heterocycles. The smallest absolute Gasteiger partial charge is 0.410 e. The van der Waals surface area contributed by atoms with E-state index in [-0.39, 0.29) is 23.9 Å². The van der Waals surface area contributed by atoms with E-state index in [1.54, 1.807) is 29.0 Å². The van der Waals surface area contributed by atoms with Crippen molar-refractivity contribution in [1.29, 1.82) is 0 Å². The molecule has 152 valence electrons. The number of likely N-dealkylation sites (tertiary alicyclic amines) is 1. The van der Waals surface area contributed by atoms with Gasteiger partial charge in [-0.2, -0.15) is 0 Å². The van der Waals surface area contributed by atoms with Crippen LogP contribution in [0.25, 0.3) is 0 Å². The van der Waals surface area contributed by atoms with Gasteiger partial charge in [-0.25, -0.2) is 4.79 Å². The fraction of sp³-hybridized carbons (Fsp3) is 0.476. The molecule has 0 aliphatic carbocycles. The Kier molecular flexibility index (Phi) is 6.83. The van der Waals surface area contributed by atoms with Crippen LogP contribution in [0.15, 0.2) is 36.9 Å². The average molecular weight is 387 g/mol. The third kappa shape index (κ3) is 5.84. The first-order chi connectivity index (χ1) is 13.1. The molecule has 0 radical (unpaired) electrons. The predicted octanol–water partition coefficient (Wildman–Crippen LogP) is 2.57. The summed E-state index contributed by atoms with van der Waals surface area (Å²) >= 11 is 0. The molecule has 1 heterocycles. The van der Waals surface area contributed by atoms with Crippen molar-refractivity contribution in [2.45, 2.75) is 45.4 Å². The lowest BCUT2D eigenvalue weighted by atomic mass is 10.1. The molecular weight excluding hydrogens is 358 g/mol. The number of carbonyl (C=O) groups is 3. The van der Waals surface area contributed by atoms with E-state index in [1.807, 2.05) is 32.9 Å². The minimum atomic E-state index is -0.538. The van der Waals surface area contributed by atoms with E-state index in [2.05, 4.69) is 11.9 Å². The van der Waals surface area contributed by atoms with Gasteiger partial charge in [0, 0.05) is 32.2 Å². The Labute approximate surface area is 166 Å². The molecule has 2 rings (SSSR count). The largest absolute Gasteiger partial charge is 0.444 e. The zero-order chi connectivity index (χ0) is 20.9. The van der Waals surface area contributed by atoms with E-state index in [9.17, 15) is 14.4 Å². The summed E-state index contributed by atoms with van der Waals surface area (Å²) in [4.78, 5) is 39.5. The number of hydrogen-bond donors (Lipinski definition) is 1. The van der Waals surface area contributed by atoms with Crippen molar-refractivity contribution in [3.05, 3.63) is 48.0 Å². The maximum absolute atomic E-state index is 12.8. The second-order valence-electron chi connectivity index (χ2n) is 7.90. The first-order valence-corrected chi connectivity index (χ1v) is 9.35. The van der Waals surface area contributed by atoms with Crippen molar-refractivity contribution in [3.8, 4) is 0 Å². The Bertz CT molecular complexity index is 737. The van der Waals surface area contributed by atoms with Crippen LogP contribution >= 0.6 is 0 Å². The molecule has 1 fully saturated rings. The number of rotatable bonds is 5. The quantitative estimate of drug-likeness (QED) is 0.788. The third-order valence-corrected chi connectivity index (χ3v) is 4.54. The van der Waals surface area contributed by atoms with E-state index >= 15 is 0 Å². The summed E-state index contributed by atoms with van der Waals surface area (Å²) in [5.41, 5.74) is 0.924. The van der Waals surface area contributed by atoms with E-state index < -0.39 is 5.60 Å². The van der Waals surface area contributed by atoms with Crippen LogP contribution in [0.4, 0.5) is 4.79 Å². The van der Waals surface area contributed by atoms with Crippen molar-refractivity contribution >= 4 is 17.9 Å². The summed E-state index contributed by atoms with van der Waals surface area (Å²) in [5, 5.41) is 2.69. The Morgan fingerprint density at radius 2 is 1.93 bits per heavy atom. The molecule has 0 bridgehead atoms. The van der Waals surface area contributed by atoms with Gasteiger partial charge in [-0.1, -0.05) is 18.7 Å². The average Bonchev–Trinajstić information content (AvgIpc) is 3.14. The van der Waals surface area contributed by atoms with Crippen molar-refractivity contribution in [2.24, 2.45) is 0 Å². The molecule has 1 aromatic rings. The molecule has 1 atom stereocenters. The second-order valence-corrected chi connectivity index (χ2v) is 7.90. The lowest BCUT2D eigenvalue weighted by Gasteiger charge is -2.27.